The first-order valence-electron chi connectivity index (χ1n) is 5.82. The smallest absolute Gasteiger partial charge is 0.254 e. The van der Waals surface area contributed by atoms with Crippen LogP contribution in [-0.4, -0.2) is 34.6 Å². The van der Waals surface area contributed by atoms with Crippen molar-refractivity contribution >= 4 is 11.8 Å². The quantitative estimate of drug-likeness (QED) is 0.616. The Kier molecular flexibility index (Phi) is 3.74. The molecule has 2 rings (SSSR count). The van der Waals surface area contributed by atoms with Crippen LogP contribution in [0.2, 0.25) is 0 Å². The van der Waals surface area contributed by atoms with E-state index in [4.69, 9.17) is 0 Å². The molecule has 1 saturated carbocycles. The largest absolute Gasteiger partial charge is 0.353 e. The lowest BCUT2D eigenvalue weighted by atomic mass is 10.2. The molecular weight excluding hydrogens is 220 g/mol. The van der Waals surface area contributed by atoms with Crippen LogP contribution in [-0.2, 0) is 4.79 Å². The zero-order valence-corrected chi connectivity index (χ0v) is 9.53. The van der Waals surface area contributed by atoms with Crippen molar-refractivity contribution in [1.29, 1.82) is 0 Å². The predicted octanol–water partition coefficient (Wildman–Crippen LogP) is 0.198. The summed E-state index contributed by atoms with van der Waals surface area (Å²) < 4.78 is 0. The van der Waals surface area contributed by atoms with Crippen molar-refractivity contribution in [1.82, 2.24) is 20.8 Å². The monoisotopic (exact) mass is 236 g/mol. The van der Waals surface area contributed by atoms with Crippen LogP contribution in [0.3, 0.4) is 0 Å². The second kappa shape index (κ2) is 5.47. The Bertz CT molecular complexity index is 384. The molecule has 1 fully saturated rings. The summed E-state index contributed by atoms with van der Waals surface area (Å²) in [6.07, 6.45) is 6.32. The molecule has 1 aliphatic carbocycles. The molecule has 0 unspecified atom stereocenters. The molecule has 17 heavy (non-hydrogen) atoms. The normalized spacial score (nSPS) is 14.4. The number of H-pyrrole nitrogens is 1. The van der Waals surface area contributed by atoms with E-state index < -0.39 is 0 Å². The molecule has 1 aromatic heterocycles. The number of nitrogens with one attached hydrogen (secondary N) is 3. The lowest BCUT2D eigenvalue weighted by Gasteiger charge is -2.04. The van der Waals surface area contributed by atoms with Crippen LogP contribution in [0.25, 0.3) is 0 Å². The van der Waals surface area contributed by atoms with Gasteiger partial charge in [-0.05, 0) is 19.3 Å². The topological polar surface area (TPSA) is 86.9 Å². The summed E-state index contributed by atoms with van der Waals surface area (Å²) in [7, 11) is 0. The fraction of sp³-hybridized carbons (Fsp3) is 0.545. The maximum atomic E-state index is 11.5. The van der Waals surface area contributed by atoms with E-state index in [9.17, 15) is 9.59 Å². The van der Waals surface area contributed by atoms with E-state index in [1.165, 1.54) is 12.4 Å². The first-order valence-corrected chi connectivity index (χ1v) is 5.82. The van der Waals surface area contributed by atoms with Gasteiger partial charge in [0.25, 0.3) is 5.91 Å². The van der Waals surface area contributed by atoms with Crippen molar-refractivity contribution in [2.75, 3.05) is 6.54 Å². The summed E-state index contributed by atoms with van der Waals surface area (Å²) in [4.78, 5) is 22.8. The van der Waals surface area contributed by atoms with Crippen LogP contribution >= 0.6 is 0 Å². The number of aromatic amines is 1. The number of carbonyl (C=O) groups is 2. The first-order chi connectivity index (χ1) is 8.25. The van der Waals surface area contributed by atoms with Gasteiger partial charge in [-0.15, -0.1) is 0 Å². The van der Waals surface area contributed by atoms with Gasteiger partial charge in [0.05, 0.1) is 11.8 Å². The van der Waals surface area contributed by atoms with Gasteiger partial charge in [0.2, 0.25) is 5.91 Å². The first kappa shape index (κ1) is 11.6. The molecule has 0 radical (unpaired) electrons. The van der Waals surface area contributed by atoms with Crippen LogP contribution in [0.15, 0.2) is 12.4 Å². The average Bonchev–Trinajstić information content (AvgIpc) is 2.96. The zero-order valence-electron chi connectivity index (χ0n) is 9.53. The molecule has 2 amide bonds. The molecule has 1 heterocycles. The summed E-state index contributed by atoms with van der Waals surface area (Å²) in [5, 5.41) is 11.9. The van der Waals surface area contributed by atoms with Crippen molar-refractivity contribution in [2.45, 2.75) is 31.7 Å². The zero-order chi connectivity index (χ0) is 12.1. The minimum atomic E-state index is -0.165. The second-order valence-electron chi connectivity index (χ2n) is 4.19. The minimum absolute atomic E-state index is 0.0741. The van der Waals surface area contributed by atoms with Crippen LogP contribution in [0.4, 0.5) is 0 Å². The van der Waals surface area contributed by atoms with Gasteiger partial charge < -0.3 is 10.6 Å². The Labute approximate surface area is 99.2 Å². The number of amides is 2. The molecule has 6 nitrogen and oxygen atoms in total. The number of aromatic nitrogens is 2. The van der Waals surface area contributed by atoms with Gasteiger partial charge in [-0.25, -0.2) is 0 Å². The molecule has 0 spiro atoms. The highest BCUT2D eigenvalue weighted by Gasteiger charge is 2.22. The van der Waals surface area contributed by atoms with Crippen LogP contribution in [0.5, 0.6) is 0 Å². The number of hydrogen-bond donors (Lipinski definition) is 3. The molecule has 92 valence electrons. The van der Waals surface area contributed by atoms with E-state index in [2.05, 4.69) is 20.8 Å². The fourth-order valence-electron chi connectivity index (χ4n) is 1.46. The van der Waals surface area contributed by atoms with Gasteiger partial charge in [0.15, 0.2) is 0 Å². The summed E-state index contributed by atoms with van der Waals surface area (Å²) in [6.45, 7) is 0.502. The van der Waals surface area contributed by atoms with Gasteiger partial charge >= 0.3 is 0 Å². The lowest BCUT2D eigenvalue weighted by molar-refractivity contribution is -0.121. The maximum absolute atomic E-state index is 11.5. The average molecular weight is 236 g/mol. The Morgan fingerprint density at radius 1 is 1.47 bits per heavy atom. The molecule has 0 saturated heterocycles. The third-order valence-corrected chi connectivity index (χ3v) is 2.57. The highest BCUT2D eigenvalue weighted by molar-refractivity contribution is 5.93. The molecule has 1 aliphatic rings. The van der Waals surface area contributed by atoms with Crippen LogP contribution in [0.1, 0.15) is 36.0 Å². The van der Waals surface area contributed by atoms with Crippen molar-refractivity contribution in [3.8, 4) is 0 Å². The molecule has 0 atom stereocenters. The molecule has 6 heteroatoms. The predicted molar refractivity (Wildman–Crippen MR) is 61.3 cm³/mol. The number of nitrogens with zero attached hydrogens (tertiary/aromatic N) is 1. The van der Waals surface area contributed by atoms with Crippen LogP contribution in [0, 0.1) is 0 Å². The molecular formula is C11H16N4O2. The van der Waals surface area contributed by atoms with Crippen molar-refractivity contribution in [3.63, 3.8) is 0 Å². The molecule has 0 bridgehead atoms. The Balaban J connectivity index is 1.56. The second-order valence-corrected chi connectivity index (χ2v) is 4.19. The van der Waals surface area contributed by atoms with Crippen molar-refractivity contribution in [2.24, 2.45) is 0 Å². The lowest BCUT2D eigenvalue weighted by Crippen LogP contribution is -2.28. The highest BCUT2D eigenvalue weighted by atomic mass is 16.2. The molecule has 0 aliphatic heterocycles. The van der Waals surface area contributed by atoms with Gasteiger partial charge in [-0.2, -0.15) is 5.10 Å². The Morgan fingerprint density at radius 2 is 2.29 bits per heavy atom. The molecule has 0 aromatic carbocycles. The van der Waals surface area contributed by atoms with E-state index in [0.717, 1.165) is 12.8 Å². The fourth-order valence-corrected chi connectivity index (χ4v) is 1.46. The van der Waals surface area contributed by atoms with Crippen molar-refractivity contribution in [3.05, 3.63) is 18.0 Å². The Hall–Kier alpha value is -1.85. The Morgan fingerprint density at radius 3 is 2.94 bits per heavy atom. The number of rotatable bonds is 6. The number of hydrogen-bond acceptors (Lipinski definition) is 3. The van der Waals surface area contributed by atoms with Gasteiger partial charge in [0.1, 0.15) is 0 Å². The van der Waals surface area contributed by atoms with Gasteiger partial charge in [-0.1, -0.05) is 0 Å². The minimum Gasteiger partial charge on any atom is -0.353 e. The van der Waals surface area contributed by atoms with E-state index in [1.54, 1.807) is 0 Å². The summed E-state index contributed by atoms with van der Waals surface area (Å²) >= 11 is 0. The van der Waals surface area contributed by atoms with E-state index in [0.29, 0.717) is 31.0 Å². The van der Waals surface area contributed by atoms with Crippen molar-refractivity contribution < 1.29 is 9.59 Å². The third kappa shape index (κ3) is 3.90. The van der Waals surface area contributed by atoms with Gasteiger partial charge in [-0.3, -0.25) is 14.7 Å². The summed E-state index contributed by atoms with van der Waals surface area (Å²) in [5.74, 6) is -0.0913. The highest BCUT2D eigenvalue weighted by Crippen LogP contribution is 2.18. The van der Waals surface area contributed by atoms with Gasteiger partial charge in [0, 0.05) is 25.2 Å². The van der Waals surface area contributed by atoms with Crippen LogP contribution < -0.4 is 10.6 Å². The number of carbonyl (C=O) groups excluding carboxylic acids is 2. The van der Waals surface area contributed by atoms with E-state index in [1.807, 2.05) is 0 Å². The SMILES string of the molecule is O=C(CCCNC(=O)c1cn[nH]c1)NC1CC1. The summed E-state index contributed by atoms with van der Waals surface area (Å²) in [5.41, 5.74) is 0.507. The standard InChI is InChI=1S/C11H16N4O2/c16-10(15-9-3-4-9)2-1-5-12-11(17)8-6-13-14-7-8/h6-7,9H,1-5H2,(H,12,17)(H,13,14)(H,15,16). The van der Waals surface area contributed by atoms with E-state index >= 15 is 0 Å². The third-order valence-electron chi connectivity index (χ3n) is 2.57. The summed E-state index contributed by atoms with van der Waals surface area (Å²) in [6, 6.07) is 0.406. The maximum Gasteiger partial charge on any atom is 0.254 e. The molecule has 1 aromatic rings. The van der Waals surface area contributed by atoms with E-state index in [-0.39, 0.29) is 11.8 Å². The molecule has 3 N–H and O–H groups in total.